The molecule has 21 heavy (non-hydrogen) atoms. The van der Waals surface area contributed by atoms with Crippen molar-refractivity contribution in [2.24, 2.45) is 11.7 Å². The first-order valence-electron chi connectivity index (χ1n) is 7.44. The van der Waals surface area contributed by atoms with E-state index in [1.807, 2.05) is 13.8 Å². The molecule has 5 nitrogen and oxygen atoms in total. The summed E-state index contributed by atoms with van der Waals surface area (Å²) in [7, 11) is 0. The maximum Gasteiger partial charge on any atom is 0.251 e. The lowest BCUT2D eigenvalue weighted by Crippen LogP contribution is -2.34. The number of carbonyl (C=O) groups excluding carboxylic acids is 2. The Morgan fingerprint density at radius 2 is 1.86 bits per heavy atom. The molecule has 1 aromatic rings. The predicted octanol–water partition coefficient (Wildman–Crippen LogP) is 1.89. The van der Waals surface area contributed by atoms with Crippen molar-refractivity contribution < 1.29 is 9.59 Å². The predicted molar refractivity (Wildman–Crippen MR) is 83.0 cm³/mol. The molecule has 4 N–H and O–H groups in total. The number of benzene rings is 1. The number of anilines is 1. The minimum absolute atomic E-state index is 0.0284. The molecular formula is C16H23N3O2. The largest absolute Gasteiger partial charge is 0.350 e. The smallest absolute Gasteiger partial charge is 0.251 e. The van der Waals surface area contributed by atoms with Gasteiger partial charge in [-0.05, 0) is 51.0 Å². The van der Waals surface area contributed by atoms with Gasteiger partial charge in [-0.2, -0.15) is 0 Å². The molecule has 1 saturated carbocycles. The Morgan fingerprint density at radius 1 is 1.19 bits per heavy atom. The van der Waals surface area contributed by atoms with Crippen molar-refractivity contribution in [2.75, 3.05) is 5.32 Å². The lowest BCUT2D eigenvalue weighted by molar-refractivity contribution is -0.120. The van der Waals surface area contributed by atoms with E-state index < -0.39 is 0 Å². The van der Waals surface area contributed by atoms with Crippen LogP contribution in [0.2, 0.25) is 0 Å². The number of hydrogen-bond acceptors (Lipinski definition) is 3. The van der Waals surface area contributed by atoms with Crippen LogP contribution in [0.5, 0.6) is 0 Å². The lowest BCUT2D eigenvalue weighted by Gasteiger charge is -2.15. The number of amides is 2. The first-order valence-corrected chi connectivity index (χ1v) is 7.44. The van der Waals surface area contributed by atoms with Crippen LogP contribution in [0.15, 0.2) is 24.3 Å². The zero-order chi connectivity index (χ0) is 15.4. The van der Waals surface area contributed by atoms with Crippen molar-refractivity contribution in [3.63, 3.8) is 0 Å². The second kappa shape index (κ2) is 6.72. The number of hydrogen-bond donors (Lipinski definition) is 3. The molecule has 2 atom stereocenters. The normalized spacial score (nSPS) is 21.3. The van der Waals surface area contributed by atoms with Gasteiger partial charge in [0, 0.05) is 23.3 Å². The highest BCUT2D eigenvalue weighted by Crippen LogP contribution is 2.25. The van der Waals surface area contributed by atoms with Gasteiger partial charge in [0.05, 0.1) is 5.92 Å². The average Bonchev–Trinajstić information content (AvgIpc) is 2.85. The summed E-state index contributed by atoms with van der Waals surface area (Å²) in [6.07, 6.45) is 2.77. The summed E-state index contributed by atoms with van der Waals surface area (Å²) < 4.78 is 0. The molecule has 2 rings (SSSR count). The molecule has 0 spiro atoms. The monoisotopic (exact) mass is 289 g/mol. The fourth-order valence-corrected chi connectivity index (χ4v) is 2.60. The number of rotatable bonds is 4. The Kier molecular flexibility index (Phi) is 4.96. The molecule has 1 fully saturated rings. The van der Waals surface area contributed by atoms with E-state index in [4.69, 9.17) is 5.73 Å². The van der Waals surface area contributed by atoms with Gasteiger partial charge in [-0.3, -0.25) is 9.59 Å². The molecule has 0 heterocycles. The molecule has 0 aromatic heterocycles. The van der Waals surface area contributed by atoms with Crippen LogP contribution in [-0.2, 0) is 4.79 Å². The third-order valence-corrected chi connectivity index (χ3v) is 3.74. The van der Waals surface area contributed by atoms with Gasteiger partial charge in [-0.15, -0.1) is 0 Å². The summed E-state index contributed by atoms with van der Waals surface area (Å²) >= 11 is 0. The quantitative estimate of drug-likeness (QED) is 0.791. The number of nitrogens with two attached hydrogens (primary N) is 1. The van der Waals surface area contributed by atoms with E-state index in [0.717, 1.165) is 19.3 Å². The first kappa shape index (κ1) is 15.5. The number of nitrogens with one attached hydrogen (secondary N) is 2. The minimum Gasteiger partial charge on any atom is -0.350 e. The van der Waals surface area contributed by atoms with Crippen LogP contribution < -0.4 is 16.4 Å². The average molecular weight is 289 g/mol. The third kappa shape index (κ3) is 4.04. The highest BCUT2D eigenvalue weighted by atomic mass is 16.2. The van der Waals surface area contributed by atoms with Crippen molar-refractivity contribution in [1.82, 2.24) is 5.32 Å². The van der Waals surface area contributed by atoms with E-state index in [9.17, 15) is 9.59 Å². The Bertz CT molecular complexity index is 511. The van der Waals surface area contributed by atoms with E-state index in [1.165, 1.54) is 0 Å². The Labute approximate surface area is 125 Å². The molecule has 0 saturated heterocycles. The second-order valence-corrected chi connectivity index (χ2v) is 5.90. The van der Waals surface area contributed by atoms with E-state index in [1.54, 1.807) is 24.3 Å². The molecule has 0 bridgehead atoms. The summed E-state index contributed by atoms with van der Waals surface area (Å²) in [5, 5.41) is 5.70. The summed E-state index contributed by atoms with van der Waals surface area (Å²) in [5.41, 5.74) is 7.21. The topological polar surface area (TPSA) is 84.2 Å². The SMILES string of the molecule is CC(C)NC(=O)c1ccc(NC(=O)C2CCCC2N)cc1. The Hall–Kier alpha value is -1.88. The molecular weight excluding hydrogens is 266 g/mol. The fourth-order valence-electron chi connectivity index (χ4n) is 2.60. The minimum atomic E-state index is -0.110. The molecule has 114 valence electrons. The van der Waals surface area contributed by atoms with Gasteiger partial charge < -0.3 is 16.4 Å². The summed E-state index contributed by atoms with van der Waals surface area (Å²) in [6, 6.07) is 6.97. The fraction of sp³-hybridized carbons (Fsp3) is 0.500. The van der Waals surface area contributed by atoms with Crippen LogP contribution >= 0.6 is 0 Å². The van der Waals surface area contributed by atoms with Crippen LogP contribution in [-0.4, -0.2) is 23.9 Å². The molecule has 0 radical (unpaired) electrons. The van der Waals surface area contributed by atoms with Crippen molar-refractivity contribution in [3.05, 3.63) is 29.8 Å². The lowest BCUT2D eigenvalue weighted by atomic mass is 10.0. The summed E-state index contributed by atoms with van der Waals surface area (Å²) in [5.74, 6) is -0.242. The maximum atomic E-state index is 12.1. The molecule has 2 unspecified atom stereocenters. The van der Waals surface area contributed by atoms with Gasteiger partial charge in [0.15, 0.2) is 0 Å². The standard InChI is InChI=1S/C16H23N3O2/c1-10(2)18-15(20)11-6-8-12(9-7-11)19-16(21)13-4-3-5-14(13)17/h6-10,13-14H,3-5,17H2,1-2H3,(H,18,20)(H,19,21). The zero-order valence-electron chi connectivity index (χ0n) is 12.6. The van der Waals surface area contributed by atoms with Gasteiger partial charge in [0.25, 0.3) is 5.91 Å². The zero-order valence-corrected chi connectivity index (χ0v) is 12.6. The highest BCUT2D eigenvalue weighted by Gasteiger charge is 2.30. The highest BCUT2D eigenvalue weighted by molar-refractivity contribution is 5.96. The maximum absolute atomic E-state index is 12.1. The van der Waals surface area contributed by atoms with Gasteiger partial charge in [-0.25, -0.2) is 0 Å². The third-order valence-electron chi connectivity index (χ3n) is 3.74. The van der Waals surface area contributed by atoms with Gasteiger partial charge in [0.2, 0.25) is 5.91 Å². The van der Waals surface area contributed by atoms with E-state index >= 15 is 0 Å². The Morgan fingerprint density at radius 3 is 2.38 bits per heavy atom. The Balaban J connectivity index is 1.96. The molecule has 1 aromatic carbocycles. The second-order valence-electron chi connectivity index (χ2n) is 5.90. The summed E-state index contributed by atoms with van der Waals surface area (Å²) in [6.45, 7) is 3.83. The van der Waals surface area contributed by atoms with Crippen LogP contribution in [0.1, 0.15) is 43.5 Å². The van der Waals surface area contributed by atoms with Crippen molar-refractivity contribution >= 4 is 17.5 Å². The molecule has 0 aliphatic heterocycles. The summed E-state index contributed by atoms with van der Waals surface area (Å²) in [4.78, 5) is 23.9. The number of carbonyl (C=O) groups is 2. The van der Waals surface area contributed by atoms with Crippen molar-refractivity contribution in [3.8, 4) is 0 Å². The van der Waals surface area contributed by atoms with Crippen LogP contribution in [0, 0.1) is 5.92 Å². The van der Waals surface area contributed by atoms with Gasteiger partial charge in [-0.1, -0.05) is 6.42 Å². The molecule has 1 aliphatic rings. The van der Waals surface area contributed by atoms with E-state index in [2.05, 4.69) is 10.6 Å². The molecule has 5 heteroatoms. The van der Waals surface area contributed by atoms with Crippen LogP contribution in [0.4, 0.5) is 5.69 Å². The molecule has 2 amide bonds. The van der Waals surface area contributed by atoms with Crippen molar-refractivity contribution in [2.45, 2.75) is 45.2 Å². The molecule has 1 aliphatic carbocycles. The van der Waals surface area contributed by atoms with Crippen LogP contribution in [0.3, 0.4) is 0 Å². The van der Waals surface area contributed by atoms with E-state index in [-0.39, 0.29) is 29.8 Å². The van der Waals surface area contributed by atoms with Gasteiger partial charge >= 0.3 is 0 Å². The first-order chi connectivity index (χ1) is 9.97. The van der Waals surface area contributed by atoms with E-state index in [0.29, 0.717) is 11.3 Å². The van der Waals surface area contributed by atoms with Crippen molar-refractivity contribution in [1.29, 1.82) is 0 Å². The van der Waals surface area contributed by atoms with Gasteiger partial charge in [0.1, 0.15) is 0 Å². The van der Waals surface area contributed by atoms with Crippen LogP contribution in [0.25, 0.3) is 0 Å².